The fraction of sp³-hybridized carbons (Fsp3) is 0.200. The third kappa shape index (κ3) is 1.92. The molecule has 2 rings (SSSR count). The lowest BCUT2D eigenvalue weighted by atomic mass is 10.2. The van der Waals surface area contributed by atoms with Gasteiger partial charge in [0, 0.05) is 4.47 Å². The smallest absolute Gasteiger partial charge is 0.341 e. The summed E-state index contributed by atoms with van der Waals surface area (Å²) in [5.74, 6) is -0.414. The molecule has 0 aliphatic heterocycles. The maximum Gasteiger partial charge on any atom is 0.341 e. The number of nitrogens with one attached hydrogen (secondary N) is 1. The number of hydrogen-bond acceptors (Lipinski definition) is 3. The summed E-state index contributed by atoms with van der Waals surface area (Å²) >= 11 is 9.05. The Labute approximate surface area is 105 Å². The number of aromatic nitrogens is 2. The summed E-state index contributed by atoms with van der Waals surface area (Å²) in [5.41, 5.74) is 1.61. The van der Waals surface area contributed by atoms with Gasteiger partial charge in [-0.25, -0.2) is 9.78 Å². The molecule has 84 valence electrons. The van der Waals surface area contributed by atoms with Gasteiger partial charge in [-0.15, -0.1) is 0 Å². The molecule has 0 spiro atoms. The van der Waals surface area contributed by atoms with Crippen molar-refractivity contribution in [3.8, 4) is 0 Å². The Morgan fingerprint density at radius 2 is 2.38 bits per heavy atom. The van der Waals surface area contributed by atoms with Crippen LogP contribution in [-0.2, 0) is 4.74 Å². The molecule has 0 saturated heterocycles. The molecule has 0 radical (unpaired) electrons. The number of carbonyl (C=O) groups is 1. The highest BCUT2D eigenvalue weighted by Crippen LogP contribution is 2.26. The Morgan fingerprint density at radius 1 is 1.62 bits per heavy atom. The van der Waals surface area contributed by atoms with E-state index in [1.54, 1.807) is 19.1 Å². The molecular weight excluding hydrogens is 295 g/mol. The van der Waals surface area contributed by atoms with Crippen LogP contribution in [0.3, 0.4) is 0 Å². The number of benzene rings is 1. The van der Waals surface area contributed by atoms with Gasteiger partial charge in [-0.1, -0.05) is 0 Å². The number of nitrogens with zero attached hydrogens (tertiary/aromatic N) is 1. The molecule has 2 aromatic rings. The lowest BCUT2D eigenvalue weighted by molar-refractivity contribution is 0.0527. The molecule has 0 amide bonds. The third-order valence-electron chi connectivity index (χ3n) is 2.05. The van der Waals surface area contributed by atoms with E-state index in [0.717, 1.165) is 0 Å². The Morgan fingerprint density at radius 3 is 3.06 bits per heavy atom. The predicted octanol–water partition coefficient (Wildman–Crippen LogP) is 3.16. The van der Waals surface area contributed by atoms with E-state index in [9.17, 15) is 4.79 Å². The highest BCUT2D eigenvalue weighted by atomic mass is 79.9. The molecule has 0 fully saturated rings. The molecule has 0 aliphatic rings. The van der Waals surface area contributed by atoms with Crippen LogP contribution < -0.4 is 0 Å². The first kappa shape index (κ1) is 11.4. The maximum atomic E-state index is 11.7. The number of H-pyrrole nitrogens is 1. The van der Waals surface area contributed by atoms with E-state index in [1.807, 2.05) is 0 Å². The molecule has 1 heterocycles. The number of fused-ring (bicyclic) bond motifs is 1. The standard InChI is InChI=1S/C10H8BrClN2O2/c1-2-16-9(15)7-5(11)3-4-6-8(7)14-10(12)13-6/h3-4H,2H2,1H3,(H,13,14). The molecule has 4 nitrogen and oxygen atoms in total. The molecule has 1 aromatic heterocycles. The third-order valence-corrected chi connectivity index (χ3v) is 2.89. The summed E-state index contributed by atoms with van der Waals surface area (Å²) in [7, 11) is 0. The van der Waals surface area contributed by atoms with Crippen molar-refractivity contribution >= 4 is 44.5 Å². The van der Waals surface area contributed by atoms with Crippen LogP contribution in [0.15, 0.2) is 16.6 Å². The van der Waals surface area contributed by atoms with Crippen LogP contribution >= 0.6 is 27.5 Å². The zero-order chi connectivity index (χ0) is 11.7. The van der Waals surface area contributed by atoms with Gasteiger partial charge < -0.3 is 9.72 Å². The second kappa shape index (κ2) is 4.43. The van der Waals surface area contributed by atoms with Gasteiger partial charge in [-0.05, 0) is 46.6 Å². The first-order valence-electron chi connectivity index (χ1n) is 4.64. The van der Waals surface area contributed by atoms with Gasteiger partial charge in [0.15, 0.2) is 0 Å². The van der Waals surface area contributed by atoms with Crippen LogP contribution in [0.1, 0.15) is 17.3 Å². The van der Waals surface area contributed by atoms with Crippen molar-refractivity contribution in [2.75, 3.05) is 6.61 Å². The van der Waals surface area contributed by atoms with Crippen molar-refractivity contribution in [2.45, 2.75) is 6.92 Å². The molecule has 0 atom stereocenters. The van der Waals surface area contributed by atoms with Crippen molar-refractivity contribution in [3.05, 3.63) is 27.5 Å². The Balaban J connectivity index is 2.65. The minimum atomic E-state index is -0.414. The zero-order valence-corrected chi connectivity index (χ0v) is 10.7. The molecular formula is C10H8BrClN2O2. The lowest BCUT2D eigenvalue weighted by Gasteiger charge is -2.04. The van der Waals surface area contributed by atoms with Gasteiger partial charge >= 0.3 is 5.97 Å². The number of imidazole rings is 1. The van der Waals surface area contributed by atoms with Gasteiger partial charge in [0.25, 0.3) is 0 Å². The minimum Gasteiger partial charge on any atom is -0.462 e. The molecule has 0 aliphatic carbocycles. The summed E-state index contributed by atoms with van der Waals surface area (Å²) in [6.07, 6.45) is 0. The van der Waals surface area contributed by atoms with E-state index in [0.29, 0.717) is 27.7 Å². The van der Waals surface area contributed by atoms with E-state index in [1.165, 1.54) is 0 Å². The Kier molecular flexibility index (Phi) is 3.16. The van der Waals surface area contributed by atoms with Crippen LogP contribution in [0.2, 0.25) is 5.28 Å². The molecule has 1 aromatic carbocycles. The second-order valence-electron chi connectivity index (χ2n) is 3.07. The Hall–Kier alpha value is -1.07. The molecule has 6 heteroatoms. The fourth-order valence-electron chi connectivity index (χ4n) is 1.42. The molecule has 0 bridgehead atoms. The van der Waals surface area contributed by atoms with Crippen LogP contribution in [0, 0.1) is 0 Å². The van der Waals surface area contributed by atoms with Gasteiger partial charge in [0.2, 0.25) is 5.28 Å². The summed E-state index contributed by atoms with van der Waals surface area (Å²) in [6, 6.07) is 3.55. The van der Waals surface area contributed by atoms with Crippen LogP contribution in [0.25, 0.3) is 11.0 Å². The molecule has 1 N–H and O–H groups in total. The van der Waals surface area contributed by atoms with E-state index in [-0.39, 0.29) is 5.28 Å². The molecule has 0 unspecified atom stereocenters. The average molecular weight is 304 g/mol. The van der Waals surface area contributed by atoms with Crippen LogP contribution in [0.5, 0.6) is 0 Å². The molecule has 16 heavy (non-hydrogen) atoms. The normalized spacial score (nSPS) is 10.7. The van der Waals surface area contributed by atoms with Crippen LogP contribution in [0.4, 0.5) is 0 Å². The van der Waals surface area contributed by atoms with E-state index < -0.39 is 5.97 Å². The van der Waals surface area contributed by atoms with Crippen molar-refractivity contribution in [2.24, 2.45) is 0 Å². The van der Waals surface area contributed by atoms with Crippen molar-refractivity contribution in [3.63, 3.8) is 0 Å². The van der Waals surface area contributed by atoms with E-state index in [2.05, 4.69) is 25.9 Å². The Bertz CT molecular complexity index is 553. The first-order chi connectivity index (χ1) is 7.63. The zero-order valence-electron chi connectivity index (χ0n) is 8.38. The highest BCUT2D eigenvalue weighted by Gasteiger charge is 2.18. The largest absolute Gasteiger partial charge is 0.462 e. The second-order valence-corrected chi connectivity index (χ2v) is 4.28. The summed E-state index contributed by atoms with van der Waals surface area (Å²) in [4.78, 5) is 18.6. The van der Waals surface area contributed by atoms with Gasteiger partial charge in [-0.2, -0.15) is 0 Å². The summed E-state index contributed by atoms with van der Waals surface area (Å²) < 4.78 is 5.60. The number of ether oxygens (including phenoxy) is 1. The number of halogens is 2. The monoisotopic (exact) mass is 302 g/mol. The maximum absolute atomic E-state index is 11.7. The number of rotatable bonds is 2. The highest BCUT2D eigenvalue weighted by molar-refractivity contribution is 9.10. The van der Waals surface area contributed by atoms with Crippen molar-refractivity contribution < 1.29 is 9.53 Å². The lowest BCUT2D eigenvalue weighted by Crippen LogP contribution is -2.06. The SMILES string of the molecule is CCOC(=O)c1c(Br)ccc2[nH]c(Cl)nc12. The quantitative estimate of drug-likeness (QED) is 0.867. The van der Waals surface area contributed by atoms with Crippen molar-refractivity contribution in [1.29, 1.82) is 0 Å². The number of aromatic amines is 1. The molecule has 0 saturated carbocycles. The van der Waals surface area contributed by atoms with E-state index in [4.69, 9.17) is 16.3 Å². The average Bonchev–Trinajstić information content (AvgIpc) is 2.58. The first-order valence-corrected chi connectivity index (χ1v) is 5.81. The predicted molar refractivity (Wildman–Crippen MR) is 64.8 cm³/mol. The minimum absolute atomic E-state index is 0.249. The van der Waals surface area contributed by atoms with Gasteiger partial charge in [0.1, 0.15) is 11.1 Å². The number of carbonyl (C=O) groups excluding carboxylic acids is 1. The van der Waals surface area contributed by atoms with E-state index >= 15 is 0 Å². The topological polar surface area (TPSA) is 55.0 Å². The number of hydrogen-bond donors (Lipinski definition) is 1. The van der Waals surface area contributed by atoms with Gasteiger partial charge in [0.05, 0.1) is 12.1 Å². The van der Waals surface area contributed by atoms with Crippen molar-refractivity contribution in [1.82, 2.24) is 9.97 Å². The number of esters is 1. The fourth-order valence-corrected chi connectivity index (χ4v) is 2.09. The van der Waals surface area contributed by atoms with Crippen LogP contribution in [-0.4, -0.2) is 22.5 Å². The van der Waals surface area contributed by atoms with Gasteiger partial charge in [-0.3, -0.25) is 0 Å². The summed E-state index contributed by atoms with van der Waals surface area (Å²) in [6.45, 7) is 2.07. The summed E-state index contributed by atoms with van der Waals surface area (Å²) in [5, 5.41) is 0.249.